The summed E-state index contributed by atoms with van der Waals surface area (Å²) in [6.07, 6.45) is 1.88. The van der Waals surface area contributed by atoms with Crippen LogP contribution in [0.2, 0.25) is 0 Å². The lowest BCUT2D eigenvalue weighted by atomic mass is 9.94. The molecule has 0 aromatic heterocycles. The first kappa shape index (κ1) is 13.5. The van der Waals surface area contributed by atoms with E-state index in [2.05, 4.69) is 24.0 Å². The second-order valence-corrected chi connectivity index (χ2v) is 5.47. The Hall–Kier alpha value is -0.900. The number of aliphatic hydroxyl groups is 1. The summed E-state index contributed by atoms with van der Waals surface area (Å²) in [7, 11) is 0. The van der Waals surface area contributed by atoms with Crippen molar-refractivity contribution in [3.8, 4) is 0 Å². The fourth-order valence-corrected chi connectivity index (χ4v) is 2.72. The maximum absolute atomic E-state index is 9.68. The first-order valence-corrected chi connectivity index (χ1v) is 6.88. The maximum Gasteiger partial charge on any atom is 0.0667 e. The molecule has 3 atom stereocenters. The number of nitrogens with zero attached hydrogens (tertiary/aromatic N) is 1. The molecular weight excluding hydrogens is 224 g/mol. The van der Waals surface area contributed by atoms with Crippen LogP contribution in [0.1, 0.15) is 31.4 Å². The van der Waals surface area contributed by atoms with Crippen LogP contribution in [0.5, 0.6) is 0 Å². The zero-order valence-corrected chi connectivity index (χ0v) is 11.1. The van der Waals surface area contributed by atoms with Crippen LogP contribution in [0, 0.1) is 5.92 Å². The van der Waals surface area contributed by atoms with Crippen molar-refractivity contribution in [1.82, 2.24) is 4.90 Å². The van der Waals surface area contributed by atoms with Crippen LogP contribution in [0.25, 0.3) is 0 Å². The fourth-order valence-electron chi connectivity index (χ4n) is 2.72. The molecule has 0 aliphatic carbocycles. The van der Waals surface area contributed by atoms with Gasteiger partial charge >= 0.3 is 0 Å². The van der Waals surface area contributed by atoms with Crippen LogP contribution in [0.3, 0.4) is 0 Å². The van der Waals surface area contributed by atoms with Gasteiger partial charge in [0.05, 0.1) is 6.10 Å². The van der Waals surface area contributed by atoms with Crippen molar-refractivity contribution in [3.05, 3.63) is 35.9 Å². The molecule has 1 fully saturated rings. The molecule has 18 heavy (non-hydrogen) atoms. The molecule has 0 radical (unpaired) electrons. The van der Waals surface area contributed by atoms with Gasteiger partial charge in [-0.05, 0) is 30.9 Å². The molecule has 0 amide bonds. The number of piperidine rings is 1. The summed E-state index contributed by atoms with van der Waals surface area (Å²) in [4.78, 5) is 2.33. The van der Waals surface area contributed by atoms with Crippen LogP contribution >= 0.6 is 0 Å². The van der Waals surface area contributed by atoms with E-state index < -0.39 is 0 Å². The van der Waals surface area contributed by atoms with E-state index in [4.69, 9.17) is 5.73 Å². The topological polar surface area (TPSA) is 49.5 Å². The second kappa shape index (κ2) is 6.32. The predicted molar refractivity (Wildman–Crippen MR) is 74.2 cm³/mol. The summed E-state index contributed by atoms with van der Waals surface area (Å²) in [6, 6.07) is 10.3. The Morgan fingerprint density at radius 2 is 2.11 bits per heavy atom. The molecule has 1 aliphatic rings. The number of aliphatic hydroxyl groups excluding tert-OH is 1. The lowest BCUT2D eigenvalue weighted by molar-refractivity contribution is 0.0612. The van der Waals surface area contributed by atoms with Crippen molar-refractivity contribution in [1.29, 1.82) is 0 Å². The molecule has 1 saturated heterocycles. The van der Waals surface area contributed by atoms with Gasteiger partial charge in [0, 0.05) is 19.1 Å². The highest BCUT2D eigenvalue weighted by Gasteiger charge is 2.22. The fraction of sp³-hybridized carbons (Fsp3) is 0.600. The third-order valence-electron chi connectivity index (χ3n) is 3.82. The van der Waals surface area contributed by atoms with E-state index in [1.165, 1.54) is 5.56 Å². The molecule has 1 aromatic carbocycles. The highest BCUT2D eigenvalue weighted by atomic mass is 16.3. The summed E-state index contributed by atoms with van der Waals surface area (Å²) in [5, 5.41) is 9.68. The van der Waals surface area contributed by atoms with Gasteiger partial charge in [-0.15, -0.1) is 0 Å². The highest BCUT2D eigenvalue weighted by Crippen LogP contribution is 2.21. The maximum atomic E-state index is 9.68. The minimum absolute atomic E-state index is 0.0743. The smallest absolute Gasteiger partial charge is 0.0667 e. The van der Waals surface area contributed by atoms with Gasteiger partial charge in [0.1, 0.15) is 0 Å². The number of rotatable bonds is 4. The van der Waals surface area contributed by atoms with Crippen molar-refractivity contribution < 1.29 is 5.11 Å². The van der Waals surface area contributed by atoms with Gasteiger partial charge in [-0.25, -0.2) is 0 Å². The Bertz CT molecular complexity index is 355. The number of likely N-dealkylation sites (tertiary alicyclic amines) is 1. The van der Waals surface area contributed by atoms with E-state index >= 15 is 0 Å². The lowest BCUT2D eigenvalue weighted by Crippen LogP contribution is -2.42. The zero-order chi connectivity index (χ0) is 13.0. The van der Waals surface area contributed by atoms with Crippen molar-refractivity contribution in [3.63, 3.8) is 0 Å². The lowest BCUT2D eigenvalue weighted by Gasteiger charge is -2.33. The van der Waals surface area contributed by atoms with Crippen LogP contribution < -0.4 is 5.73 Å². The normalized spacial score (nSPS) is 24.7. The zero-order valence-electron chi connectivity index (χ0n) is 11.1. The van der Waals surface area contributed by atoms with E-state index in [0.29, 0.717) is 5.92 Å². The molecule has 100 valence electrons. The van der Waals surface area contributed by atoms with Crippen molar-refractivity contribution in [2.45, 2.75) is 31.9 Å². The van der Waals surface area contributed by atoms with Crippen LogP contribution in [0.4, 0.5) is 0 Å². The molecular formula is C15H24N2O. The highest BCUT2D eigenvalue weighted by molar-refractivity contribution is 5.19. The van der Waals surface area contributed by atoms with Crippen LogP contribution in [0.15, 0.2) is 30.3 Å². The largest absolute Gasteiger partial charge is 0.392 e. The third-order valence-corrected chi connectivity index (χ3v) is 3.82. The summed E-state index contributed by atoms with van der Waals surface area (Å²) < 4.78 is 0. The summed E-state index contributed by atoms with van der Waals surface area (Å²) in [5.41, 5.74) is 7.50. The van der Waals surface area contributed by atoms with Crippen molar-refractivity contribution in [2.24, 2.45) is 11.7 Å². The molecule has 1 aliphatic heterocycles. The SMILES string of the molecule is CC(CN1CCCC(O)C1)C(N)c1ccccc1. The summed E-state index contributed by atoms with van der Waals surface area (Å²) >= 11 is 0. The molecule has 3 N–H and O–H groups in total. The first-order chi connectivity index (χ1) is 8.66. The Labute approximate surface area is 110 Å². The molecule has 1 aromatic rings. The average Bonchev–Trinajstić information content (AvgIpc) is 2.39. The number of hydrogen-bond acceptors (Lipinski definition) is 3. The molecule has 0 bridgehead atoms. The summed E-state index contributed by atoms with van der Waals surface area (Å²) in [5.74, 6) is 0.401. The number of β-amino-alcohol motifs (C(OH)–C–C–N with tert-alkyl or cyclic N) is 1. The summed E-state index contributed by atoms with van der Waals surface area (Å²) in [6.45, 7) is 5.04. The minimum atomic E-state index is -0.154. The van der Waals surface area contributed by atoms with Gasteiger partial charge in [-0.2, -0.15) is 0 Å². The Balaban J connectivity index is 1.89. The van der Waals surface area contributed by atoms with Gasteiger partial charge in [0.25, 0.3) is 0 Å². The van der Waals surface area contributed by atoms with Crippen molar-refractivity contribution in [2.75, 3.05) is 19.6 Å². The van der Waals surface area contributed by atoms with E-state index in [0.717, 1.165) is 32.5 Å². The number of nitrogens with two attached hydrogens (primary N) is 1. The first-order valence-electron chi connectivity index (χ1n) is 6.88. The molecule has 2 rings (SSSR count). The van der Waals surface area contributed by atoms with Gasteiger partial charge in [0.15, 0.2) is 0 Å². The van der Waals surface area contributed by atoms with Gasteiger partial charge in [-0.3, -0.25) is 0 Å². The van der Waals surface area contributed by atoms with Crippen molar-refractivity contribution >= 4 is 0 Å². The van der Waals surface area contributed by atoms with Crippen LogP contribution in [-0.2, 0) is 0 Å². The monoisotopic (exact) mass is 248 g/mol. The molecule has 3 unspecified atom stereocenters. The predicted octanol–water partition coefficient (Wildman–Crippen LogP) is 1.78. The molecule has 3 heteroatoms. The van der Waals surface area contributed by atoms with Crippen LogP contribution in [-0.4, -0.2) is 35.7 Å². The van der Waals surface area contributed by atoms with E-state index in [1.807, 2.05) is 18.2 Å². The Kier molecular flexibility index (Phi) is 4.75. The van der Waals surface area contributed by atoms with Gasteiger partial charge in [0.2, 0.25) is 0 Å². The minimum Gasteiger partial charge on any atom is -0.392 e. The molecule has 0 saturated carbocycles. The Morgan fingerprint density at radius 1 is 1.39 bits per heavy atom. The molecule has 0 spiro atoms. The standard InChI is InChI=1S/C15H24N2O/c1-12(10-17-9-5-8-14(18)11-17)15(16)13-6-3-2-4-7-13/h2-4,6-7,12,14-15,18H,5,8-11,16H2,1H3. The van der Waals surface area contributed by atoms with E-state index in [1.54, 1.807) is 0 Å². The molecule has 3 nitrogen and oxygen atoms in total. The second-order valence-electron chi connectivity index (χ2n) is 5.47. The van der Waals surface area contributed by atoms with Gasteiger partial charge < -0.3 is 15.7 Å². The van der Waals surface area contributed by atoms with E-state index in [-0.39, 0.29) is 12.1 Å². The third kappa shape index (κ3) is 3.55. The number of benzene rings is 1. The van der Waals surface area contributed by atoms with E-state index in [9.17, 15) is 5.11 Å². The number of hydrogen-bond donors (Lipinski definition) is 2. The molecule has 1 heterocycles. The average molecular weight is 248 g/mol. The Morgan fingerprint density at radius 3 is 2.78 bits per heavy atom. The quantitative estimate of drug-likeness (QED) is 0.854. The van der Waals surface area contributed by atoms with Gasteiger partial charge in [-0.1, -0.05) is 37.3 Å².